The first-order valence-electron chi connectivity index (χ1n) is 7.02. The zero-order chi connectivity index (χ0) is 18.1. The lowest BCUT2D eigenvalue weighted by Crippen LogP contribution is -2.54. The lowest BCUT2D eigenvalue weighted by molar-refractivity contribution is -0.122. The van der Waals surface area contributed by atoms with Crippen molar-refractivity contribution >= 4 is 68.4 Å². The van der Waals surface area contributed by atoms with Crippen molar-refractivity contribution in [1.29, 1.82) is 0 Å². The highest BCUT2D eigenvalue weighted by Gasteiger charge is 2.34. The van der Waals surface area contributed by atoms with Gasteiger partial charge in [-0.3, -0.25) is 19.8 Å². The molecule has 2 N–H and O–H groups in total. The van der Waals surface area contributed by atoms with Crippen molar-refractivity contribution in [3.63, 3.8) is 0 Å². The Hall–Kier alpha value is -2.22. The molecule has 0 aromatic heterocycles. The number of phenolic OH excluding ortho intramolecular Hbond substituents is 1. The molecular weight excluding hydrogens is 428 g/mol. The molecule has 126 valence electrons. The molecule has 1 fully saturated rings. The van der Waals surface area contributed by atoms with Crippen LogP contribution in [0.4, 0.5) is 5.69 Å². The van der Waals surface area contributed by atoms with Crippen LogP contribution in [0.3, 0.4) is 0 Å². The van der Waals surface area contributed by atoms with Gasteiger partial charge in [0.05, 0.1) is 5.69 Å². The molecule has 0 unspecified atom stereocenters. The summed E-state index contributed by atoms with van der Waals surface area (Å²) >= 11 is 14.3. The van der Waals surface area contributed by atoms with Crippen LogP contribution in [-0.4, -0.2) is 22.0 Å². The first-order valence-corrected chi connectivity index (χ1v) is 8.60. The zero-order valence-corrected chi connectivity index (χ0v) is 15.7. The average molecular weight is 438 g/mol. The van der Waals surface area contributed by atoms with Crippen molar-refractivity contribution in [2.75, 3.05) is 4.90 Å². The Kier molecular flexibility index (Phi) is 4.89. The SMILES string of the molecule is O=C1NC(=S)N(c2ccc(Cl)cc2)C(=O)/C1=C/c1cc(Br)ccc1O. The summed E-state index contributed by atoms with van der Waals surface area (Å²) in [6.45, 7) is 0. The number of amides is 2. The Bertz CT molecular complexity index is 928. The Labute approximate surface area is 162 Å². The van der Waals surface area contributed by atoms with Crippen LogP contribution in [0.15, 0.2) is 52.5 Å². The average Bonchev–Trinajstić information content (AvgIpc) is 2.56. The Morgan fingerprint density at radius 3 is 2.52 bits per heavy atom. The summed E-state index contributed by atoms with van der Waals surface area (Å²) in [6.07, 6.45) is 1.32. The highest BCUT2D eigenvalue weighted by atomic mass is 79.9. The van der Waals surface area contributed by atoms with Crippen LogP contribution in [0.1, 0.15) is 5.56 Å². The summed E-state index contributed by atoms with van der Waals surface area (Å²) in [7, 11) is 0. The number of hydrogen-bond acceptors (Lipinski definition) is 4. The standard InChI is InChI=1S/C17H10BrClN2O3S/c18-10-1-6-14(22)9(7-10)8-13-15(23)20-17(25)21(16(13)24)12-4-2-11(19)3-5-12/h1-8,22H,(H,20,23,25)/b13-8+. The Morgan fingerprint density at radius 1 is 1.16 bits per heavy atom. The maximum absolute atomic E-state index is 12.8. The number of carbonyl (C=O) groups is 2. The summed E-state index contributed by atoms with van der Waals surface area (Å²) in [5.41, 5.74) is 0.664. The number of anilines is 1. The normalized spacial score (nSPS) is 16.3. The highest BCUT2D eigenvalue weighted by Crippen LogP contribution is 2.27. The summed E-state index contributed by atoms with van der Waals surface area (Å²) in [6, 6.07) is 11.2. The lowest BCUT2D eigenvalue weighted by Gasteiger charge is -2.29. The molecule has 2 aromatic rings. The van der Waals surface area contributed by atoms with E-state index in [0.29, 0.717) is 20.7 Å². The third-order valence-electron chi connectivity index (χ3n) is 3.48. The Balaban J connectivity index is 2.05. The van der Waals surface area contributed by atoms with Gasteiger partial charge >= 0.3 is 0 Å². The number of benzene rings is 2. The number of carbonyl (C=O) groups excluding carboxylic acids is 2. The second kappa shape index (κ2) is 6.95. The largest absolute Gasteiger partial charge is 0.507 e. The van der Waals surface area contributed by atoms with Crippen molar-refractivity contribution in [3.05, 3.63) is 63.1 Å². The molecule has 1 aliphatic rings. The first kappa shape index (κ1) is 17.6. The molecule has 25 heavy (non-hydrogen) atoms. The summed E-state index contributed by atoms with van der Waals surface area (Å²) in [5, 5.41) is 12.9. The van der Waals surface area contributed by atoms with Gasteiger partial charge in [0.1, 0.15) is 11.3 Å². The van der Waals surface area contributed by atoms with Gasteiger partial charge in [-0.05, 0) is 60.8 Å². The van der Waals surface area contributed by atoms with E-state index in [1.54, 1.807) is 36.4 Å². The van der Waals surface area contributed by atoms with E-state index >= 15 is 0 Å². The molecule has 0 aliphatic carbocycles. The van der Waals surface area contributed by atoms with Crippen LogP contribution in [0, 0.1) is 0 Å². The van der Waals surface area contributed by atoms with Crippen molar-refractivity contribution in [2.45, 2.75) is 0 Å². The molecular formula is C17H10BrClN2O3S. The van der Waals surface area contributed by atoms with Crippen LogP contribution in [-0.2, 0) is 9.59 Å². The smallest absolute Gasteiger partial charge is 0.270 e. The molecule has 1 saturated heterocycles. The van der Waals surface area contributed by atoms with Gasteiger partial charge in [0, 0.05) is 15.1 Å². The third kappa shape index (κ3) is 3.58. The fourth-order valence-corrected chi connectivity index (χ4v) is 3.06. The van der Waals surface area contributed by atoms with E-state index in [1.807, 2.05) is 0 Å². The fraction of sp³-hybridized carbons (Fsp3) is 0. The minimum absolute atomic E-state index is 0.0204. The van der Waals surface area contributed by atoms with E-state index in [-0.39, 0.29) is 16.4 Å². The van der Waals surface area contributed by atoms with E-state index in [0.717, 1.165) is 0 Å². The molecule has 0 atom stereocenters. The molecule has 0 radical (unpaired) electrons. The van der Waals surface area contributed by atoms with Crippen molar-refractivity contribution in [2.24, 2.45) is 0 Å². The van der Waals surface area contributed by atoms with Gasteiger partial charge in [-0.25, -0.2) is 0 Å². The summed E-state index contributed by atoms with van der Waals surface area (Å²) in [4.78, 5) is 26.2. The van der Waals surface area contributed by atoms with Crippen LogP contribution < -0.4 is 10.2 Å². The van der Waals surface area contributed by atoms with Gasteiger partial charge in [-0.2, -0.15) is 0 Å². The second-order valence-electron chi connectivity index (χ2n) is 5.14. The minimum atomic E-state index is -0.625. The molecule has 0 spiro atoms. The lowest BCUT2D eigenvalue weighted by atomic mass is 10.1. The molecule has 2 aromatic carbocycles. The number of thiocarbonyl (C=S) groups is 1. The van der Waals surface area contributed by atoms with E-state index in [2.05, 4.69) is 21.2 Å². The van der Waals surface area contributed by atoms with E-state index in [1.165, 1.54) is 17.0 Å². The first-order chi connectivity index (χ1) is 11.9. The number of aromatic hydroxyl groups is 1. The zero-order valence-electron chi connectivity index (χ0n) is 12.5. The number of rotatable bonds is 2. The van der Waals surface area contributed by atoms with Crippen LogP contribution in [0.5, 0.6) is 5.75 Å². The van der Waals surface area contributed by atoms with Crippen molar-refractivity contribution < 1.29 is 14.7 Å². The fourth-order valence-electron chi connectivity index (χ4n) is 2.28. The maximum Gasteiger partial charge on any atom is 0.270 e. The Morgan fingerprint density at radius 2 is 1.84 bits per heavy atom. The molecule has 8 heteroatoms. The maximum atomic E-state index is 12.8. The molecule has 0 bridgehead atoms. The van der Waals surface area contributed by atoms with Crippen molar-refractivity contribution in [1.82, 2.24) is 5.32 Å². The van der Waals surface area contributed by atoms with Gasteiger partial charge in [0.25, 0.3) is 11.8 Å². The summed E-state index contributed by atoms with van der Waals surface area (Å²) < 4.78 is 0.700. The number of nitrogens with one attached hydrogen (secondary N) is 1. The molecule has 2 amide bonds. The van der Waals surface area contributed by atoms with Crippen LogP contribution >= 0.6 is 39.7 Å². The second-order valence-corrected chi connectivity index (χ2v) is 6.88. The molecule has 0 saturated carbocycles. The number of nitrogens with zero attached hydrogens (tertiary/aromatic N) is 1. The predicted molar refractivity (Wildman–Crippen MR) is 103 cm³/mol. The monoisotopic (exact) mass is 436 g/mol. The number of halogens is 2. The van der Waals surface area contributed by atoms with E-state index in [9.17, 15) is 14.7 Å². The topological polar surface area (TPSA) is 69.6 Å². The van der Waals surface area contributed by atoms with E-state index in [4.69, 9.17) is 23.8 Å². The number of hydrogen-bond donors (Lipinski definition) is 2. The predicted octanol–water partition coefficient (Wildman–Crippen LogP) is 3.64. The third-order valence-corrected chi connectivity index (χ3v) is 4.51. The molecule has 1 aliphatic heterocycles. The molecule has 3 rings (SSSR count). The highest BCUT2D eigenvalue weighted by molar-refractivity contribution is 9.10. The van der Waals surface area contributed by atoms with Crippen LogP contribution in [0.25, 0.3) is 6.08 Å². The van der Waals surface area contributed by atoms with Gasteiger partial charge in [0.15, 0.2) is 5.11 Å². The van der Waals surface area contributed by atoms with Gasteiger partial charge in [-0.1, -0.05) is 27.5 Å². The van der Waals surface area contributed by atoms with Gasteiger partial charge in [0.2, 0.25) is 0 Å². The van der Waals surface area contributed by atoms with Crippen LogP contribution in [0.2, 0.25) is 5.02 Å². The quantitative estimate of drug-likeness (QED) is 0.428. The van der Waals surface area contributed by atoms with E-state index < -0.39 is 11.8 Å². The minimum Gasteiger partial charge on any atom is -0.507 e. The molecule has 1 heterocycles. The van der Waals surface area contributed by atoms with Gasteiger partial charge in [-0.15, -0.1) is 0 Å². The molecule has 5 nitrogen and oxygen atoms in total. The van der Waals surface area contributed by atoms with Crippen molar-refractivity contribution in [3.8, 4) is 5.75 Å². The number of phenols is 1. The summed E-state index contributed by atoms with van der Waals surface area (Å²) in [5.74, 6) is -1.27. The van der Waals surface area contributed by atoms with Gasteiger partial charge < -0.3 is 5.11 Å².